The van der Waals surface area contributed by atoms with Gasteiger partial charge in [-0.25, -0.2) is 9.97 Å². The van der Waals surface area contributed by atoms with Gasteiger partial charge in [-0.05, 0) is 32.0 Å². The third-order valence-corrected chi connectivity index (χ3v) is 3.37. The summed E-state index contributed by atoms with van der Waals surface area (Å²) < 4.78 is 0. The van der Waals surface area contributed by atoms with Gasteiger partial charge in [0.25, 0.3) is 5.91 Å². The number of benzene rings is 1. The lowest BCUT2D eigenvalue weighted by Crippen LogP contribution is -2.25. The van der Waals surface area contributed by atoms with Gasteiger partial charge >= 0.3 is 0 Å². The maximum Gasteiger partial charge on any atom is 0.274 e. The lowest BCUT2D eigenvalue weighted by Gasteiger charge is -2.18. The van der Waals surface area contributed by atoms with Gasteiger partial charge in [-0.2, -0.15) is 0 Å². The molecule has 0 aliphatic heterocycles. The van der Waals surface area contributed by atoms with Gasteiger partial charge < -0.3 is 10.2 Å². The van der Waals surface area contributed by atoms with Crippen LogP contribution in [0.1, 0.15) is 24.3 Å². The van der Waals surface area contributed by atoms with E-state index in [0.29, 0.717) is 22.4 Å². The maximum absolute atomic E-state index is 12.2. The molecule has 0 aliphatic carbocycles. The second kappa shape index (κ2) is 7.04. The number of anilines is 2. The summed E-state index contributed by atoms with van der Waals surface area (Å²) in [6.07, 6.45) is 1.59. The summed E-state index contributed by atoms with van der Waals surface area (Å²) in [5.41, 5.74) is 0.874. The number of hydrogen-bond donors (Lipinski definition) is 1. The van der Waals surface area contributed by atoms with Crippen LogP contribution in [-0.4, -0.2) is 29.0 Å². The van der Waals surface area contributed by atoms with Crippen molar-refractivity contribution in [2.45, 2.75) is 13.8 Å². The van der Waals surface area contributed by atoms with E-state index in [2.05, 4.69) is 15.3 Å². The van der Waals surface area contributed by atoms with Gasteiger partial charge in [-0.1, -0.05) is 23.7 Å². The molecule has 1 amide bonds. The molecule has 0 unspecified atom stereocenters. The Balaban J connectivity index is 2.20. The van der Waals surface area contributed by atoms with Crippen LogP contribution in [0.25, 0.3) is 0 Å². The van der Waals surface area contributed by atoms with Gasteiger partial charge in [0.15, 0.2) is 0 Å². The van der Waals surface area contributed by atoms with Crippen LogP contribution in [0.3, 0.4) is 0 Å². The van der Waals surface area contributed by atoms with Crippen molar-refractivity contribution in [2.24, 2.45) is 0 Å². The van der Waals surface area contributed by atoms with Crippen LogP contribution in [0.5, 0.6) is 0 Å². The number of rotatable bonds is 5. The number of amides is 1. The summed E-state index contributed by atoms with van der Waals surface area (Å²) in [6.45, 7) is 5.60. The van der Waals surface area contributed by atoms with Gasteiger partial charge in [-0.3, -0.25) is 4.79 Å². The smallest absolute Gasteiger partial charge is 0.274 e. The van der Waals surface area contributed by atoms with Crippen molar-refractivity contribution in [1.29, 1.82) is 0 Å². The van der Waals surface area contributed by atoms with Crippen molar-refractivity contribution >= 4 is 29.1 Å². The van der Waals surface area contributed by atoms with Crippen LogP contribution in [0.4, 0.5) is 11.6 Å². The predicted molar refractivity (Wildman–Crippen MR) is 85.0 cm³/mol. The lowest BCUT2D eigenvalue weighted by atomic mass is 10.3. The molecular weight excluding hydrogens is 288 g/mol. The minimum atomic E-state index is -0.307. The van der Waals surface area contributed by atoms with E-state index < -0.39 is 0 Å². The maximum atomic E-state index is 12.2. The van der Waals surface area contributed by atoms with E-state index in [0.717, 1.165) is 13.1 Å². The summed E-state index contributed by atoms with van der Waals surface area (Å²) in [4.78, 5) is 22.7. The van der Waals surface area contributed by atoms with Gasteiger partial charge in [0, 0.05) is 19.3 Å². The minimum absolute atomic E-state index is 0.307. The van der Waals surface area contributed by atoms with Gasteiger partial charge in [0.1, 0.15) is 5.69 Å². The van der Waals surface area contributed by atoms with Crippen LogP contribution in [0.2, 0.25) is 5.02 Å². The van der Waals surface area contributed by atoms with Crippen molar-refractivity contribution < 1.29 is 4.79 Å². The zero-order valence-electron chi connectivity index (χ0n) is 12.0. The fraction of sp³-hybridized carbons (Fsp3) is 0.267. The SMILES string of the molecule is CCN(CC)c1nccc(C(=O)Nc2ccccc2Cl)n1. The average molecular weight is 305 g/mol. The van der Waals surface area contributed by atoms with E-state index in [1.54, 1.807) is 30.5 Å². The Morgan fingerprint density at radius 1 is 1.24 bits per heavy atom. The largest absolute Gasteiger partial charge is 0.341 e. The molecule has 2 rings (SSSR count). The summed E-state index contributed by atoms with van der Waals surface area (Å²) in [6, 6.07) is 8.66. The number of hydrogen-bond acceptors (Lipinski definition) is 4. The molecule has 21 heavy (non-hydrogen) atoms. The second-order valence-electron chi connectivity index (χ2n) is 4.35. The highest BCUT2D eigenvalue weighted by Gasteiger charge is 2.12. The Kier molecular flexibility index (Phi) is 5.11. The van der Waals surface area contributed by atoms with Crippen LogP contribution in [-0.2, 0) is 0 Å². The molecule has 0 radical (unpaired) electrons. The molecule has 0 saturated heterocycles. The average Bonchev–Trinajstić information content (AvgIpc) is 2.51. The Bertz CT molecular complexity index is 629. The van der Waals surface area contributed by atoms with Crippen molar-refractivity contribution in [2.75, 3.05) is 23.3 Å². The van der Waals surface area contributed by atoms with Crippen LogP contribution < -0.4 is 10.2 Å². The van der Waals surface area contributed by atoms with Crippen molar-refractivity contribution in [3.05, 3.63) is 47.2 Å². The predicted octanol–water partition coefficient (Wildman–Crippen LogP) is 3.23. The molecule has 0 spiro atoms. The normalized spacial score (nSPS) is 10.2. The minimum Gasteiger partial charge on any atom is -0.341 e. The van der Waals surface area contributed by atoms with Crippen LogP contribution in [0.15, 0.2) is 36.5 Å². The van der Waals surface area contributed by atoms with Gasteiger partial charge in [0.05, 0.1) is 10.7 Å². The first kappa shape index (κ1) is 15.3. The monoisotopic (exact) mass is 304 g/mol. The number of nitrogens with zero attached hydrogens (tertiary/aromatic N) is 3. The molecule has 0 aliphatic rings. The highest BCUT2D eigenvalue weighted by atomic mass is 35.5. The van der Waals surface area contributed by atoms with Crippen LogP contribution in [0, 0.1) is 0 Å². The Morgan fingerprint density at radius 2 is 1.95 bits per heavy atom. The summed E-state index contributed by atoms with van der Waals surface area (Å²) >= 11 is 6.03. The molecule has 0 saturated carbocycles. The molecule has 6 heteroatoms. The Hall–Kier alpha value is -2.14. The number of halogens is 1. The molecule has 5 nitrogen and oxygen atoms in total. The van der Waals surface area contributed by atoms with Crippen molar-refractivity contribution in [3.8, 4) is 0 Å². The Morgan fingerprint density at radius 3 is 2.62 bits per heavy atom. The fourth-order valence-electron chi connectivity index (χ4n) is 1.88. The topological polar surface area (TPSA) is 58.1 Å². The number of nitrogens with one attached hydrogen (secondary N) is 1. The number of carbonyl (C=O) groups is 1. The van der Waals surface area contributed by atoms with E-state index in [1.807, 2.05) is 24.8 Å². The first-order valence-corrected chi connectivity index (χ1v) is 7.17. The standard InChI is InChI=1S/C15H17ClN4O/c1-3-20(4-2)15-17-10-9-13(19-15)14(21)18-12-8-6-5-7-11(12)16/h5-10H,3-4H2,1-2H3,(H,18,21). The first-order valence-electron chi connectivity index (χ1n) is 6.79. The third kappa shape index (κ3) is 3.70. The van der Waals surface area contributed by atoms with E-state index >= 15 is 0 Å². The molecule has 110 valence electrons. The quantitative estimate of drug-likeness (QED) is 0.921. The molecule has 1 aromatic carbocycles. The zero-order valence-corrected chi connectivity index (χ0v) is 12.8. The highest BCUT2D eigenvalue weighted by molar-refractivity contribution is 6.33. The molecule has 1 aromatic heterocycles. The van der Waals surface area contributed by atoms with E-state index in [4.69, 9.17) is 11.6 Å². The molecule has 2 aromatic rings. The van der Waals surface area contributed by atoms with E-state index in [-0.39, 0.29) is 5.91 Å². The van der Waals surface area contributed by atoms with Crippen molar-refractivity contribution in [1.82, 2.24) is 9.97 Å². The van der Waals surface area contributed by atoms with E-state index in [9.17, 15) is 4.79 Å². The third-order valence-electron chi connectivity index (χ3n) is 3.04. The second-order valence-corrected chi connectivity index (χ2v) is 4.76. The number of aromatic nitrogens is 2. The van der Waals surface area contributed by atoms with Gasteiger partial charge in [-0.15, -0.1) is 0 Å². The molecule has 0 bridgehead atoms. The molecule has 1 N–H and O–H groups in total. The van der Waals surface area contributed by atoms with Gasteiger partial charge in [0.2, 0.25) is 5.95 Å². The summed E-state index contributed by atoms with van der Waals surface area (Å²) in [5.74, 6) is 0.241. The molecule has 0 fully saturated rings. The van der Waals surface area contributed by atoms with E-state index in [1.165, 1.54) is 0 Å². The first-order chi connectivity index (χ1) is 10.2. The molecule has 0 atom stereocenters. The Labute approximate surface area is 129 Å². The fourth-order valence-corrected chi connectivity index (χ4v) is 2.07. The molecular formula is C15H17ClN4O. The highest BCUT2D eigenvalue weighted by Crippen LogP contribution is 2.21. The number of carbonyl (C=O) groups excluding carboxylic acids is 1. The van der Waals surface area contributed by atoms with Crippen molar-refractivity contribution in [3.63, 3.8) is 0 Å². The number of para-hydroxylation sites is 1. The summed E-state index contributed by atoms with van der Waals surface area (Å²) in [5, 5.41) is 3.24. The zero-order chi connectivity index (χ0) is 15.2. The van der Waals surface area contributed by atoms with Crippen LogP contribution >= 0.6 is 11.6 Å². The molecule has 1 heterocycles. The lowest BCUT2D eigenvalue weighted by molar-refractivity contribution is 0.102. The summed E-state index contributed by atoms with van der Waals surface area (Å²) in [7, 11) is 0.